The van der Waals surface area contributed by atoms with Crippen LogP contribution < -0.4 is 0 Å². The molecule has 1 amide bonds. The van der Waals surface area contributed by atoms with Gasteiger partial charge in [0.05, 0.1) is 29.9 Å². The molecule has 1 aromatic carbocycles. The molecule has 4 rings (SSSR count). The number of carbonyl (C=O) groups is 1. The van der Waals surface area contributed by atoms with Crippen molar-refractivity contribution in [1.82, 2.24) is 19.9 Å². The molecule has 0 spiro atoms. The average molecular weight is 348 g/mol. The zero-order chi connectivity index (χ0) is 18.1. The SMILES string of the molecule is Cc1cc(C2CN(C(=O)c3cnc4ccccc4c3)CCO2)nc(C)n1. The molecule has 1 fully saturated rings. The summed E-state index contributed by atoms with van der Waals surface area (Å²) in [5, 5.41) is 0.963. The van der Waals surface area contributed by atoms with Crippen LogP contribution in [0.15, 0.2) is 42.6 Å². The van der Waals surface area contributed by atoms with Crippen molar-refractivity contribution in [3.05, 3.63) is 65.4 Å². The zero-order valence-corrected chi connectivity index (χ0v) is 14.8. The lowest BCUT2D eigenvalue weighted by Gasteiger charge is -2.32. The molecule has 26 heavy (non-hydrogen) atoms. The predicted octanol–water partition coefficient (Wildman–Crippen LogP) is 2.86. The summed E-state index contributed by atoms with van der Waals surface area (Å²) < 4.78 is 5.86. The molecule has 6 heteroatoms. The van der Waals surface area contributed by atoms with Crippen LogP contribution in [0, 0.1) is 13.8 Å². The summed E-state index contributed by atoms with van der Waals surface area (Å²) in [5.41, 5.74) is 3.21. The normalized spacial score (nSPS) is 17.5. The molecule has 1 aliphatic rings. The second-order valence-electron chi connectivity index (χ2n) is 6.51. The van der Waals surface area contributed by atoms with Crippen LogP contribution in [-0.2, 0) is 4.74 Å². The van der Waals surface area contributed by atoms with Crippen molar-refractivity contribution in [3.8, 4) is 0 Å². The van der Waals surface area contributed by atoms with E-state index in [0.29, 0.717) is 31.1 Å². The first kappa shape index (κ1) is 16.6. The number of benzene rings is 1. The van der Waals surface area contributed by atoms with Crippen molar-refractivity contribution < 1.29 is 9.53 Å². The molecule has 1 atom stereocenters. The molecule has 0 radical (unpaired) electrons. The van der Waals surface area contributed by atoms with E-state index in [1.807, 2.05) is 55.1 Å². The summed E-state index contributed by atoms with van der Waals surface area (Å²) in [6.45, 7) is 5.32. The van der Waals surface area contributed by atoms with E-state index in [0.717, 1.165) is 22.3 Å². The van der Waals surface area contributed by atoms with Gasteiger partial charge in [-0.3, -0.25) is 9.78 Å². The molecule has 132 valence electrons. The molecule has 0 N–H and O–H groups in total. The van der Waals surface area contributed by atoms with Gasteiger partial charge in [-0.2, -0.15) is 0 Å². The highest BCUT2D eigenvalue weighted by Crippen LogP contribution is 2.23. The smallest absolute Gasteiger partial charge is 0.255 e. The summed E-state index contributed by atoms with van der Waals surface area (Å²) in [6, 6.07) is 11.6. The Morgan fingerprint density at radius 3 is 2.88 bits per heavy atom. The number of amides is 1. The fourth-order valence-electron chi connectivity index (χ4n) is 3.29. The first-order chi connectivity index (χ1) is 12.6. The summed E-state index contributed by atoms with van der Waals surface area (Å²) in [6.07, 6.45) is 1.41. The number of aryl methyl sites for hydroxylation is 2. The van der Waals surface area contributed by atoms with E-state index in [1.54, 1.807) is 6.20 Å². The highest BCUT2D eigenvalue weighted by Gasteiger charge is 2.27. The van der Waals surface area contributed by atoms with Crippen LogP contribution in [0.2, 0.25) is 0 Å². The van der Waals surface area contributed by atoms with Gasteiger partial charge in [0.2, 0.25) is 0 Å². The number of nitrogens with zero attached hydrogens (tertiary/aromatic N) is 4. The van der Waals surface area contributed by atoms with Gasteiger partial charge in [0.1, 0.15) is 11.9 Å². The number of ether oxygens (including phenoxy) is 1. The van der Waals surface area contributed by atoms with Crippen LogP contribution in [0.5, 0.6) is 0 Å². The lowest BCUT2D eigenvalue weighted by atomic mass is 10.1. The van der Waals surface area contributed by atoms with E-state index in [-0.39, 0.29) is 12.0 Å². The first-order valence-corrected chi connectivity index (χ1v) is 8.68. The number of pyridine rings is 1. The number of fused-ring (bicyclic) bond motifs is 1. The molecular weight excluding hydrogens is 328 g/mol. The van der Waals surface area contributed by atoms with Crippen LogP contribution in [0.25, 0.3) is 10.9 Å². The lowest BCUT2D eigenvalue weighted by molar-refractivity contribution is -0.0248. The number of morpholine rings is 1. The molecule has 0 aliphatic carbocycles. The van der Waals surface area contributed by atoms with Crippen LogP contribution in [0.3, 0.4) is 0 Å². The number of rotatable bonds is 2. The summed E-state index contributed by atoms with van der Waals surface area (Å²) in [5.74, 6) is 0.685. The highest BCUT2D eigenvalue weighted by atomic mass is 16.5. The number of hydrogen-bond acceptors (Lipinski definition) is 5. The average Bonchev–Trinajstić information content (AvgIpc) is 2.66. The molecule has 1 aliphatic heterocycles. The van der Waals surface area contributed by atoms with Gasteiger partial charge in [0.15, 0.2) is 0 Å². The Hall–Kier alpha value is -2.86. The van der Waals surface area contributed by atoms with Gasteiger partial charge >= 0.3 is 0 Å². The van der Waals surface area contributed by atoms with Crippen molar-refractivity contribution in [2.45, 2.75) is 20.0 Å². The first-order valence-electron chi connectivity index (χ1n) is 8.68. The topological polar surface area (TPSA) is 68.2 Å². The minimum Gasteiger partial charge on any atom is -0.368 e. The van der Waals surface area contributed by atoms with Gasteiger partial charge in [-0.15, -0.1) is 0 Å². The van der Waals surface area contributed by atoms with Crippen molar-refractivity contribution in [2.75, 3.05) is 19.7 Å². The monoisotopic (exact) mass is 348 g/mol. The predicted molar refractivity (Wildman–Crippen MR) is 97.8 cm³/mol. The molecule has 3 aromatic rings. The molecule has 0 bridgehead atoms. The summed E-state index contributed by atoms with van der Waals surface area (Å²) in [7, 11) is 0. The maximum atomic E-state index is 13.0. The highest BCUT2D eigenvalue weighted by molar-refractivity contribution is 5.97. The molecule has 6 nitrogen and oxygen atoms in total. The molecule has 0 saturated carbocycles. The fraction of sp³-hybridized carbons (Fsp3) is 0.300. The standard InChI is InChI=1S/C20H20N4O2/c1-13-9-18(23-14(2)22-13)19-12-24(7-8-26-19)20(25)16-10-15-5-3-4-6-17(15)21-11-16/h3-6,9-11,19H,7-8,12H2,1-2H3. The lowest BCUT2D eigenvalue weighted by Crippen LogP contribution is -2.42. The summed E-state index contributed by atoms with van der Waals surface area (Å²) in [4.78, 5) is 27.9. The minimum atomic E-state index is -0.235. The molecular formula is C20H20N4O2. The van der Waals surface area contributed by atoms with E-state index in [9.17, 15) is 4.79 Å². The minimum absolute atomic E-state index is 0.0287. The van der Waals surface area contributed by atoms with Gasteiger partial charge < -0.3 is 9.64 Å². The second-order valence-corrected chi connectivity index (χ2v) is 6.51. The molecule has 2 aromatic heterocycles. The van der Waals surface area contributed by atoms with Gasteiger partial charge in [-0.25, -0.2) is 9.97 Å². The Bertz CT molecular complexity index is 953. The number of carbonyl (C=O) groups excluding carboxylic acids is 1. The van der Waals surface area contributed by atoms with Crippen LogP contribution in [0.1, 0.15) is 33.7 Å². The van der Waals surface area contributed by atoms with Crippen molar-refractivity contribution >= 4 is 16.8 Å². The largest absolute Gasteiger partial charge is 0.368 e. The fourth-order valence-corrected chi connectivity index (χ4v) is 3.29. The Morgan fingerprint density at radius 2 is 2.04 bits per heavy atom. The number of aromatic nitrogens is 3. The Balaban J connectivity index is 1.57. The van der Waals surface area contributed by atoms with Gasteiger partial charge in [0, 0.05) is 23.8 Å². The Morgan fingerprint density at radius 1 is 1.19 bits per heavy atom. The van der Waals surface area contributed by atoms with E-state index in [2.05, 4.69) is 15.0 Å². The van der Waals surface area contributed by atoms with Gasteiger partial charge in [-0.1, -0.05) is 18.2 Å². The third-order valence-electron chi connectivity index (χ3n) is 4.51. The van der Waals surface area contributed by atoms with E-state index in [1.165, 1.54) is 0 Å². The van der Waals surface area contributed by atoms with Crippen LogP contribution in [-0.4, -0.2) is 45.5 Å². The van der Waals surface area contributed by atoms with Crippen LogP contribution in [0.4, 0.5) is 0 Å². The van der Waals surface area contributed by atoms with E-state index < -0.39 is 0 Å². The molecule has 1 saturated heterocycles. The second kappa shape index (κ2) is 6.80. The Kier molecular flexibility index (Phi) is 4.34. The van der Waals surface area contributed by atoms with Gasteiger partial charge in [0.25, 0.3) is 5.91 Å². The van der Waals surface area contributed by atoms with Crippen molar-refractivity contribution in [1.29, 1.82) is 0 Å². The quantitative estimate of drug-likeness (QED) is 0.712. The van der Waals surface area contributed by atoms with Crippen LogP contribution >= 0.6 is 0 Å². The number of para-hydroxylation sites is 1. The maximum absolute atomic E-state index is 13.0. The maximum Gasteiger partial charge on any atom is 0.255 e. The Labute approximate surface area is 151 Å². The molecule has 1 unspecified atom stereocenters. The van der Waals surface area contributed by atoms with E-state index >= 15 is 0 Å². The summed E-state index contributed by atoms with van der Waals surface area (Å²) >= 11 is 0. The van der Waals surface area contributed by atoms with Gasteiger partial charge in [-0.05, 0) is 32.0 Å². The molecule has 3 heterocycles. The van der Waals surface area contributed by atoms with E-state index in [4.69, 9.17) is 4.74 Å². The number of hydrogen-bond donors (Lipinski definition) is 0. The zero-order valence-electron chi connectivity index (χ0n) is 14.8. The third-order valence-corrected chi connectivity index (χ3v) is 4.51. The third kappa shape index (κ3) is 3.28. The van der Waals surface area contributed by atoms with Crippen molar-refractivity contribution in [2.24, 2.45) is 0 Å². The van der Waals surface area contributed by atoms with Crippen molar-refractivity contribution in [3.63, 3.8) is 0 Å².